The molecule has 0 unspecified atom stereocenters. The van der Waals surface area contributed by atoms with Crippen LogP contribution < -0.4 is 5.32 Å². The van der Waals surface area contributed by atoms with E-state index < -0.39 is 11.5 Å². The molecule has 1 rings (SSSR count). The van der Waals surface area contributed by atoms with Crippen molar-refractivity contribution < 1.29 is 14.7 Å². The molecule has 0 saturated carbocycles. The van der Waals surface area contributed by atoms with Crippen molar-refractivity contribution in [3.8, 4) is 0 Å². The number of nitrogens with one attached hydrogen (secondary N) is 1. The molecule has 0 radical (unpaired) electrons. The summed E-state index contributed by atoms with van der Waals surface area (Å²) in [6.07, 6.45) is 0. The smallest absolute Gasteiger partial charge is 0.329 e. The van der Waals surface area contributed by atoms with Crippen molar-refractivity contribution in [3.05, 3.63) is 0 Å². The Morgan fingerprint density at radius 1 is 1.47 bits per heavy atom. The summed E-state index contributed by atoms with van der Waals surface area (Å²) >= 11 is 0. The first-order valence-electron chi connectivity index (χ1n) is 6.70. The molecule has 6 nitrogen and oxygen atoms in total. The molecule has 2 atom stereocenters. The standard InChI is InChI=1S/C13H25N3O3/c1-9(2)13(4,11(17)18)15(5)12(19)16-7-6-14-10(3)8-16/h9-10,14H,6-8H2,1-5H3,(H,17,18)/t10-,13-/m0/s1. The number of carbonyl (C=O) groups excluding carboxylic acids is 1. The summed E-state index contributed by atoms with van der Waals surface area (Å²) in [7, 11) is 1.57. The number of likely N-dealkylation sites (N-methyl/N-ethyl adjacent to an activating group) is 1. The van der Waals surface area contributed by atoms with E-state index in [0.717, 1.165) is 6.54 Å². The van der Waals surface area contributed by atoms with Crippen LogP contribution in [-0.4, -0.2) is 65.2 Å². The number of hydrogen-bond acceptors (Lipinski definition) is 3. The zero-order chi connectivity index (χ0) is 14.8. The fraction of sp³-hybridized carbons (Fsp3) is 0.846. The van der Waals surface area contributed by atoms with Crippen LogP contribution in [0.3, 0.4) is 0 Å². The number of carbonyl (C=O) groups is 2. The molecule has 1 heterocycles. The third kappa shape index (κ3) is 3.00. The summed E-state index contributed by atoms with van der Waals surface area (Å²) in [6, 6.07) is 0.0215. The van der Waals surface area contributed by atoms with Gasteiger partial charge in [-0.15, -0.1) is 0 Å². The van der Waals surface area contributed by atoms with Crippen molar-refractivity contribution in [1.29, 1.82) is 0 Å². The largest absolute Gasteiger partial charge is 0.479 e. The monoisotopic (exact) mass is 271 g/mol. The molecule has 1 aliphatic rings. The van der Waals surface area contributed by atoms with E-state index in [9.17, 15) is 14.7 Å². The minimum Gasteiger partial charge on any atom is -0.479 e. The predicted octanol–water partition coefficient (Wildman–Crippen LogP) is 0.831. The third-order valence-corrected chi connectivity index (χ3v) is 4.18. The number of hydrogen-bond donors (Lipinski definition) is 2. The van der Waals surface area contributed by atoms with E-state index in [0.29, 0.717) is 13.1 Å². The van der Waals surface area contributed by atoms with Gasteiger partial charge in [0.2, 0.25) is 0 Å². The SMILES string of the molecule is CC(C)[C@@](C)(C(=O)O)N(C)C(=O)N1CCN[C@@H](C)C1. The molecule has 2 amide bonds. The molecule has 6 heteroatoms. The second kappa shape index (κ2) is 5.77. The van der Waals surface area contributed by atoms with Gasteiger partial charge in [0.25, 0.3) is 0 Å². The van der Waals surface area contributed by atoms with Crippen LogP contribution in [0.2, 0.25) is 0 Å². The Bertz CT molecular complexity index is 359. The summed E-state index contributed by atoms with van der Waals surface area (Å²) in [5.74, 6) is -1.14. The molecule has 2 N–H and O–H groups in total. The fourth-order valence-electron chi connectivity index (χ4n) is 2.29. The van der Waals surface area contributed by atoms with Crippen molar-refractivity contribution >= 4 is 12.0 Å². The molecule has 0 aliphatic carbocycles. The van der Waals surface area contributed by atoms with E-state index in [1.165, 1.54) is 4.90 Å². The Kier molecular flexibility index (Phi) is 4.79. The van der Waals surface area contributed by atoms with Crippen LogP contribution in [0.15, 0.2) is 0 Å². The number of carboxylic acid groups (broad SMARTS) is 1. The van der Waals surface area contributed by atoms with Gasteiger partial charge in [0.05, 0.1) is 0 Å². The van der Waals surface area contributed by atoms with Gasteiger partial charge in [0.15, 0.2) is 0 Å². The van der Waals surface area contributed by atoms with Crippen molar-refractivity contribution in [1.82, 2.24) is 15.1 Å². The maximum absolute atomic E-state index is 12.5. The van der Waals surface area contributed by atoms with E-state index in [-0.39, 0.29) is 18.0 Å². The Morgan fingerprint density at radius 3 is 2.47 bits per heavy atom. The van der Waals surface area contributed by atoms with Crippen molar-refractivity contribution in [2.45, 2.75) is 39.3 Å². The molecule has 19 heavy (non-hydrogen) atoms. The maximum atomic E-state index is 12.5. The molecule has 0 aromatic rings. The number of piperazine rings is 1. The molecule has 0 aromatic heterocycles. The lowest BCUT2D eigenvalue weighted by Gasteiger charge is -2.42. The highest BCUT2D eigenvalue weighted by atomic mass is 16.4. The van der Waals surface area contributed by atoms with Crippen molar-refractivity contribution in [2.75, 3.05) is 26.7 Å². The van der Waals surface area contributed by atoms with Gasteiger partial charge in [-0.2, -0.15) is 0 Å². The molecule has 0 aromatic carbocycles. The molecular weight excluding hydrogens is 246 g/mol. The number of urea groups is 1. The van der Waals surface area contributed by atoms with Crippen LogP contribution in [0, 0.1) is 5.92 Å². The number of aliphatic carboxylic acids is 1. The van der Waals surface area contributed by atoms with Crippen LogP contribution in [0.1, 0.15) is 27.7 Å². The average molecular weight is 271 g/mol. The van der Waals surface area contributed by atoms with Crippen LogP contribution in [0.4, 0.5) is 4.79 Å². The zero-order valence-electron chi connectivity index (χ0n) is 12.4. The summed E-state index contributed by atoms with van der Waals surface area (Å²) in [5, 5.41) is 12.7. The van der Waals surface area contributed by atoms with Crippen LogP contribution >= 0.6 is 0 Å². The van der Waals surface area contributed by atoms with E-state index >= 15 is 0 Å². The van der Waals surface area contributed by atoms with Crippen molar-refractivity contribution in [3.63, 3.8) is 0 Å². The Labute approximate surface area is 114 Å². The normalized spacial score (nSPS) is 23.1. The summed E-state index contributed by atoms with van der Waals surface area (Å²) in [5.41, 5.74) is -1.19. The highest BCUT2D eigenvalue weighted by Crippen LogP contribution is 2.25. The second-order valence-electron chi connectivity index (χ2n) is 5.75. The lowest BCUT2D eigenvalue weighted by molar-refractivity contribution is -0.151. The van der Waals surface area contributed by atoms with Gasteiger partial charge in [-0.25, -0.2) is 9.59 Å². The number of carboxylic acids is 1. The molecule has 110 valence electrons. The van der Waals surface area contributed by atoms with Gasteiger partial charge in [-0.3, -0.25) is 0 Å². The predicted molar refractivity (Wildman–Crippen MR) is 73.1 cm³/mol. The molecule has 1 aliphatic heterocycles. The van der Waals surface area contributed by atoms with E-state index in [4.69, 9.17) is 0 Å². The van der Waals surface area contributed by atoms with Crippen molar-refractivity contribution in [2.24, 2.45) is 5.92 Å². The first-order chi connectivity index (χ1) is 8.71. The Morgan fingerprint density at radius 2 is 2.05 bits per heavy atom. The highest BCUT2D eigenvalue weighted by molar-refractivity contribution is 5.86. The highest BCUT2D eigenvalue weighted by Gasteiger charge is 2.44. The van der Waals surface area contributed by atoms with Gasteiger partial charge in [0.1, 0.15) is 5.54 Å². The number of amides is 2. The summed E-state index contributed by atoms with van der Waals surface area (Å²) in [4.78, 5) is 27.1. The lowest BCUT2D eigenvalue weighted by Crippen LogP contribution is -2.62. The van der Waals surface area contributed by atoms with Gasteiger partial charge in [0, 0.05) is 32.7 Å². The average Bonchev–Trinajstić information content (AvgIpc) is 2.35. The number of nitrogens with zero attached hydrogens (tertiary/aromatic N) is 2. The first kappa shape index (κ1) is 15.8. The minimum atomic E-state index is -1.19. The minimum absolute atomic E-state index is 0.167. The molecular formula is C13H25N3O3. The third-order valence-electron chi connectivity index (χ3n) is 4.18. The first-order valence-corrected chi connectivity index (χ1v) is 6.70. The lowest BCUT2D eigenvalue weighted by atomic mass is 9.87. The summed E-state index contributed by atoms with van der Waals surface area (Å²) < 4.78 is 0. The molecule has 1 fully saturated rings. The van der Waals surface area contributed by atoms with Gasteiger partial charge in [-0.1, -0.05) is 13.8 Å². The van der Waals surface area contributed by atoms with E-state index in [2.05, 4.69) is 5.32 Å². The second-order valence-corrected chi connectivity index (χ2v) is 5.75. The number of rotatable bonds is 3. The zero-order valence-corrected chi connectivity index (χ0v) is 12.4. The maximum Gasteiger partial charge on any atom is 0.329 e. The molecule has 0 spiro atoms. The van der Waals surface area contributed by atoms with Crippen LogP contribution in [0.5, 0.6) is 0 Å². The van der Waals surface area contributed by atoms with Gasteiger partial charge >= 0.3 is 12.0 Å². The quantitative estimate of drug-likeness (QED) is 0.797. The Balaban J connectivity index is 2.88. The van der Waals surface area contributed by atoms with E-state index in [1.807, 2.05) is 20.8 Å². The van der Waals surface area contributed by atoms with Gasteiger partial charge < -0.3 is 20.2 Å². The van der Waals surface area contributed by atoms with Gasteiger partial charge in [-0.05, 0) is 19.8 Å². The topological polar surface area (TPSA) is 72.9 Å². The molecule has 0 bridgehead atoms. The fourth-order valence-corrected chi connectivity index (χ4v) is 2.29. The Hall–Kier alpha value is -1.30. The van der Waals surface area contributed by atoms with E-state index in [1.54, 1.807) is 18.9 Å². The molecule has 1 saturated heterocycles. The van der Waals surface area contributed by atoms with Crippen LogP contribution in [0.25, 0.3) is 0 Å². The summed E-state index contributed by atoms with van der Waals surface area (Å²) in [6.45, 7) is 9.21. The van der Waals surface area contributed by atoms with Crippen LogP contribution in [-0.2, 0) is 4.79 Å².